The van der Waals surface area contributed by atoms with E-state index < -0.39 is 0 Å². The molecule has 9 nitrogen and oxygen atoms in total. The Balaban J connectivity index is 1.50. The first kappa shape index (κ1) is 28.1. The van der Waals surface area contributed by atoms with Crippen LogP contribution in [0.15, 0.2) is 23.1 Å². The number of aromatic nitrogens is 2. The van der Waals surface area contributed by atoms with E-state index in [9.17, 15) is 14.4 Å². The number of thioether (sulfide) groups is 1. The molecular formula is C27H35N5O4S2. The maximum absolute atomic E-state index is 13.1. The Bertz CT molecular complexity index is 1280. The quantitative estimate of drug-likeness (QED) is 0.353. The van der Waals surface area contributed by atoms with Gasteiger partial charge in [-0.15, -0.1) is 11.3 Å². The zero-order valence-corrected chi connectivity index (χ0v) is 24.2. The van der Waals surface area contributed by atoms with Crippen LogP contribution < -0.4 is 5.32 Å². The van der Waals surface area contributed by atoms with Gasteiger partial charge in [0.15, 0.2) is 5.17 Å². The van der Waals surface area contributed by atoms with E-state index in [-0.39, 0.29) is 36.1 Å². The number of hydrogen-bond acceptors (Lipinski definition) is 8. The number of carbonyl (C=O) groups excluding carboxylic acids is 3. The molecule has 2 amide bonds. The maximum Gasteiger partial charge on any atom is 0.341 e. The Labute approximate surface area is 231 Å². The standard InChI is InChI=1S/C27H35N5O4S2/c1-6-17-8-9-19-21(11-17)38-24(23(19)26(35)36-7-2)30-22(33)15-37-27-29-20(10-18-12-28-31(5)14-18)25(34)32(27)13-16(3)4/h10,12,14,16-17H,6-9,11,13,15H2,1-5H3,(H,30,33)/b20-10+/t17-/m0/s1. The van der Waals surface area contributed by atoms with Gasteiger partial charge in [-0.3, -0.25) is 19.2 Å². The van der Waals surface area contributed by atoms with Gasteiger partial charge in [0.1, 0.15) is 10.7 Å². The lowest BCUT2D eigenvalue weighted by Gasteiger charge is -2.21. The molecule has 11 heteroatoms. The molecule has 2 aromatic rings. The molecule has 0 unspecified atom stereocenters. The first-order valence-corrected chi connectivity index (χ1v) is 14.8. The number of aryl methyl sites for hydroxylation is 1. The molecule has 4 rings (SSSR count). The molecule has 0 fully saturated rings. The van der Waals surface area contributed by atoms with Crippen LogP contribution in [0, 0.1) is 11.8 Å². The number of amidine groups is 1. The fraction of sp³-hybridized carbons (Fsp3) is 0.519. The van der Waals surface area contributed by atoms with Crippen molar-refractivity contribution in [1.29, 1.82) is 0 Å². The fourth-order valence-electron chi connectivity index (χ4n) is 4.64. The van der Waals surface area contributed by atoms with E-state index in [1.165, 1.54) is 23.1 Å². The van der Waals surface area contributed by atoms with E-state index in [0.29, 0.717) is 33.9 Å². The molecule has 3 heterocycles. The van der Waals surface area contributed by atoms with Gasteiger partial charge in [0.25, 0.3) is 5.91 Å². The summed E-state index contributed by atoms with van der Waals surface area (Å²) in [5.74, 6) is 0.0504. The molecule has 2 aliphatic rings. The summed E-state index contributed by atoms with van der Waals surface area (Å²) < 4.78 is 6.99. The van der Waals surface area contributed by atoms with Gasteiger partial charge in [0.2, 0.25) is 5.91 Å². The first-order valence-electron chi connectivity index (χ1n) is 13.0. The number of esters is 1. The summed E-state index contributed by atoms with van der Waals surface area (Å²) in [5, 5.41) is 8.15. The van der Waals surface area contributed by atoms with Crippen molar-refractivity contribution >= 4 is 57.1 Å². The molecule has 2 aromatic heterocycles. The summed E-state index contributed by atoms with van der Waals surface area (Å²) in [7, 11) is 1.81. The van der Waals surface area contributed by atoms with Gasteiger partial charge in [-0.25, -0.2) is 9.79 Å². The van der Waals surface area contributed by atoms with Gasteiger partial charge in [-0.1, -0.05) is 39.0 Å². The molecule has 204 valence electrons. The van der Waals surface area contributed by atoms with Gasteiger partial charge in [-0.05, 0) is 49.7 Å². The summed E-state index contributed by atoms with van der Waals surface area (Å²) in [4.78, 5) is 46.3. The molecule has 0 saturated heterocycles. The molecule has 0 radical (unpaired) electrons. The van der Waals surface area contributed by atoms with Crippen LogP contribution in [0.1, 0.15) is 66.9 Å². The lowest BCUT2D eigenvalue weighted by Crippen LogP contribution is -2.34. The fourth-order valence-corrected chi connectivity index (χ4v) is 6.82. The highest BCUT2D eigenvalue weighted by Gasteiger charge is 2.33. The monoisotopic (exact) mass is 557 g/mol. The van der Waals surface area contributed by atoms with E-state index in [0.717, 1.165) is 41.7 Å². The summed E-state index contributed by atoms with van der Waals surface area (Å²) >= 11 is 2.70. The van der Waals surface area contributed by atoms with Gasteiger partial charge >= 0.3 is 5.97 Å². The summed E-state index contributed by atoms with van der Waals surface area (Å²) in [6.45, 7) is 8.81. The molecular weight excluding hydrogens is 522 g/mol. The largest absolute Gasteiger partial charge is 0.462 e. The number of nitrogens with one attached hydrogen (secondary N) is 1. The molecule has 38 heavy (non-hydrogen) atoms. The van der Waals surface area contributed by atoms with Crippen LogP contribution in [-0.4, -0.2) is 56.5 Å². The predicted molar refractivity (Wildman–Crippen MR) is 152 cm³/mol. The van der Waals surface area contributed by atoms with Crippen LogP contribution >= 0.6 is 23.1 Å². The van der Waals surface area contributed by atoms with Gasteiger partial charge in [0.05, 0.1) is 24.1 Å². The minimum atomic E-state index is -0.387. The average Bonchev–Trinajstić information content (AvgIpc) is 3.53. The molecule has 0 spiro atoms. The molecule has 0 bridgehead atoms. The van der Waals surface area contributed by atoms with Crippen LogP contribution in [0.2, 0.25) is 0 Å². The van der Waals surface area contributed by atoms with Crippen LogP contribution in [0.25, 0.3) is 6.08 Å². The smallest absolute Gasteiger partial charge is 0.341 e. The third kappa shape index (κ3) is 6.37. The highest BCUT2D eigenvalue weighted by atomic mass is 32.2. The minimum absolute atomic E-state index is 0.0588. The summed E-state index contributed by atoms with van der Waals surface area (Å²) in [6, 6.07) is 0. The van der Waals surface area contributed by atoms with Crippen LogP contribution in [0.4, 0.5) is 5.00 Å². The molecule has 1 atom stereocenters. The Morgan fingerprint density at radius 1 is 1.34 bits per heavy atom. The predicted octanol–water partition coefficient (Wildman–Crippen LogP) is 4.74. The Morgan fingerprint density at radius 3 is 2.79 bits per heavy atom. The number of nitrogens with zero attached hydrogens (tertiary/aromatic N) is 4. The van der Waals surface area contributed by atoms with Crippen molar-refractivity contribution in [1.82, 2.24) is 14.7 Å². The highest BCUT2D eigenvalue weighted by Crippen LogP contribution is 2.41. The van der Waals surface area contributed by atoms with E-state index >= 15 is 0 Å². The van der Waals surface area contributed by atoms with Gasteiger partial charge < -0.3 is 10.1 Å². The zero-order valence-electron chi connectivity index (χ0n) is 22.6. The second-order valence-electron chi connectivity index (χ2n) is 9.96. The van der Waals surface area contributed by atoms with Crippen molar-refractivity contribution in [2.75, 3.05) is 24.2 Å². The third-order valence-electron chi connectivity index (χ3n) is 6.50. The minimum Gasteiger partial charge on any atom is -0.462 e. The number of ether oxygens (including phenoxy) is 1. The SMILES string of the molecule is CCOC(=O)c1c(NC(=O)CSC2=N/C(=C/c3cnn(C)c3)C(=O)N2CC(C)C)sc2c1CC[C@H](CC)C2. The number of carbonyl (C=O) groups is 3. The Kier molecular flexibility index (Phi) is 9.09. The molecule has 1 aliphatic heterocycles. The van der Waals surface area contributed by atoms with E-state index in [4.69, 9.17) is 4.74 Å². The molecule has 1 N–H and O–H groups in total. The number of hydrogen-bond donors (Lipinski definition) is 1. The summed E-state index contributed by atoms with van der Waals surface area (Å²) in [5.41, 5.74) is 2.62. The maximum atomic E-state index is 13.1. The Morgan fingerprint density at radius 2 is 2.13 bits per heavy atom. The van der Waals surface area contributed by atoms with Crippen molar-refractivity contribution in [3.05, 3.63) is 39.7 Å². The molecule has 0 saturated carbocycles. The van der Waals surface area contributed by atoms with Crippen molar-refractivity contribution in [3.8, 4) is 0 Å². The third-order valence-corrected chi connectivity index (χ3v) is 8.64. The van der Waals surface area contributed by atoms with Crippen LogP contribution in [0.3, 0.4) is 0 Å². The number of rotatable bonds is 9. The van der Waals surface area contributed by atoms with Crippen LogP contribution in [-0.2, 0) is 34.2 Å². The van der Waals surface area contributed by atoms with Crippen LogP contribution in [0.5, 0.6) is 0 Å². The number of thiophene rings is 1. The number of anilines is 1. The van der Waals surface area contributed by atoms with Crippen molar-refractivity contribution < 1.29 is 19.1 Å². The van der Waals surface area contributed by atoms with E-state index in [1.807, 2.05) is 27.1 Å². The first-order chi connectivity index (χ1) is 18.2. The van der Waals surface area contributed by atoms with Crippen molar-refractivity contribution in [2.24, 2.45) is 23.9 Å². The Hall–Kier alpha value is -2.92. The number of aliphatic imine (C=N–C) groups is 1. The van der Waals surface area contributed by atoms with Crippen molar-refractivity contribution in [2.45, 2.75) is 53.4 Å². The molecule has 1 aliphatic carbocycles. The summed E-state index contributed by atoms with van der Waals surface area (Å²) in [6.07, 6.45) is 9.06. The number of amides is 2. The van der Waals surface area contributed by atoms with E-state index in [1.54, 1.807) is 28.8 Å². The van der Waals surface area contributed by atoms with Gasteiger partial charge in [0, 0.05) is 30.2 Å². The molecule has 0 aromatic carbocycles. The second kappa shape index (κ2) is 12.3. The average molecular weight is 558 g/mol. The highest BCUT2D eigenvalue weighted by molar-refractivity contribution is 8.14. The topological polar surface area (TPSA) is 106 Å². The normalized spacial score (nSPS) is 18.2. The zero-order chi connectivity index (χ0) is 27.4. The van der Waals surface area contributed by atoms with Gasteiger partial charge in [-0.2, -0.15) is 5.10 Å². The van der Waals surface area contributed by atoms with E-state index in [2.05, 4.69) is 22.3 Å². The lowest BCUT2D eigenvalue weighted by molar-refractivity contribution is -0.123. The second-order valence-corrected chi connectivity index (χ2v) is 12.0. The lowest BCUT2D eigenvalue weighted by atomic mass is 9.85. The number of fused-ring (bicyclic) bond motifs is 1. The van der Waals surface area contributed by atoms with Crippen molar-refractivity contribution in [3.63, 3.8) is 0 Å².